The van der Waals surface area contributed by atoms with Gasteiger partial charge in [0.05, 0.1) is 11.7 Å². The third kappa shape index (κ3) is 6.23. The van der Waals surface area contributed by atoms with Crippen LogP contribution in [0.2, 0.25) is 0 Å². The first-order valence-corrected chi connectivity index (χ1v) is 12.8. The summed E-state index contributed by atoms with van der Waals surface area (Å²) in [6.07, 6.45) is 6.48. The Hall–Kier alpha value is -2.97. The van der Waals surface area contributed by atoms with E-state index in [2.05, 4.69) is 35.1 Å². The average molecular weight is 495 g/mol. The van der Waals surface area contributed by atoms with E-state index < -0.39 is 0 Å². The van der Waals surface area contributed by atoms with Crippen molar-refractivity contribution in [1.82, 2.24) is 14.8 Å². The van der Waals surface area contributed by atoms with Gasteiger partial charge in [-0.05, 0) is 55.5 Å². The summed E-state index contributed by atoms with van der Waals surface area (Å²) in [6.45, 7) is 6.69. The molecule has 1 aromatic heterocycles. The highest BCUT2D eigenvalue weighted by Crippen LogP contribution is 2.30. The fourth-order valence-electron chi connectivity index (χ4n) is 4.79. The van der Waals surface area contributed by atoms with E-state index in [1.165, 1.54) is 0 Å². The molecule has 0 saturated heterocycles. The number of rotatable bonds is 5. The van der Waals surface area contributed by atoms with Gasteiger partial charge in [-0.1, -0.05) is 19.4 Å². The van der Waals surface area contributed by atoms with Crippen LogP contribution in [0.4, 0.5) is 5.69 Å². The Balaban J connectivity index is 1.60. The van der Waals surface area contributed by atoms with E-state index in [0.717, 1.165) is 37.9 Å². The molecule has 0 bridgehead atoms. The number of aromatic nitrogens is 1. The lowest BCUT2D eigenvalue weighted by atomic mass is 9.85. The van der Waals surface area contributed by atoms with E-state index in [1.807, 2.05) is 18.3 Å². The maximum atomic E-state index is 13.5. The van der Waals surface area contributed by atoms with Gasteiger partial charge in [-0.2, -0.15) is 0 Å². The van der Waals surface area contributed by atoms with Crippen LogP contribution in [0.15, 0.2) is 42.7 Å². The van der Waals surface area contributed by atoms with Gasteiger partial charge in [0.1, 0.15) is 12.4 Å². The highest BCUT2D eigenvalue weighted by atomic mass is 16.5. The van der Waals surface area contributed by atoms with Gasteiger partial charge in [-0.15, -0.1) is 0 Å². The molecule has 1 fully saturated rings. The van der Waals surface area contributed by atoms with Crippen LogP contribution in [0, 0.1) is 11.8 Å². The molecule has 194 valence electrons. The van der Waals surface area contributed by atoms with E-state index in [0.29, 0.717) is 30.2 Å². The summed E-state index contributed by atoms with van der Waals surface area (Å²) in [7, 11) is 3.48. The van der Waals surface area contributed by atoms with Gasteiger partial charge >= 0.3 is 0 Å². The first kappa shape index (κ1) is 26.1. The van der Waals surface area contributed by atoms with Crippen LogP contribution in [0.5, 0.6) is 5.75 Å². The predicted octanol–water partition coefficient (Wildman–Crippen LogP) is 3.83. The number of likely N-dealkylation sites (N-methyl/N-ethyl adjacent to an activating group) is 1. The average Bonchev–Trinajstić information content (AvgIpc) is 2.84. The van der Waals surface area contributed by atoms with Crippen LogP contribution < -0.4 is 10.1 Å². The van der Waals surface area contributed by atoms with Crippen LogP contribution in [-0.4, -0.2) is 72.6 Å². The molecule has 4 rings (SSSR count). The minimum atomic E-state index is -0.153. The van der Waals surface area contributed by atoms with Crippen molar-refractivity contribution in [2.75, 3.05) is 39.2 Å². The van der Waals surface area contributed by atoms with Crippen molar-refractivity contribution in [3.63, 3.8) is 0 Å². The molecule has 2 amide bonds. The van der Waals surface area contributed by atoms with E-state index in [4.69, 9.17) is 9.47 Å². The van der Waals surface area contributed by atoms with E-state index in [9.17, 15) is 9.59 Å². The summed E-state index contributed by atoms with van der Waals surface area (Å²) in [5.74, 6) is 0.625. The number of nitrogens with zero attached hydrogens (tertiary/aromatic N) is 3. The summed E-state index contributed by atoms with van der Waals surface area (Å²) in [5.41, 5.74) is 2.20. The number of ether oxygens (including phenoxy) is 2. The molecule has 36 heavy (non-hydrogen) atoms. The molecule has 2 aliphatic rings. The quantitative estimate of drug-likeness (QED) is 0.680. The van der Waals surface area contributed by atoms with Crippen molar-refractivity contribution in [1.29, 1.82) is 0 Å². The number of fused-ring (bicyclic) bond motifs is 1. The lowest BCUT2D eigenvalue weighted by molar-refractivity contribution is -0.122. The number of carbonyl (C=O) groups is 2. The van der Waals surface area contributed by atoms with Crippen molar-refractivity contribution in [3.05, 3.63) is 53.9 Å². The lowest BCUT2D eigenvalue weighted by Gasteiger charge is -2.36. The number of amides is 2. The molecule has 3 atom stereocenters. The monoisotopic (exact) mass is 494 g/mol. The van der Waals surface area contributed by atoms with Gasteiger partial charge in [0.15, 0.2) is 0 Å². The minimum absolute atomic E-state index is 0.0176. The molecule has 1 aliphatic carbocycles. The normalized spacial score (nSPS) is 24.1. The summed E-state index contributed by atoms with van der Waals surface area (Å²) in [5, 5.41) is 2.98. The van der Waals surface area contributed by atoms with Crippen molar-refractivity contribution < 1.29 is 19.1 Å². The van der Waals surface area contributed by atoms with Crippen LogP contribution >= 0.6 is 0 Å². The summed E-state index contributed by atoms with van der Waals surface area (Å²) < 4.78 is 12.1. The number of hydrogen-bond acceptors (Lipinski definition) is 6. The number of hydrogen-bond donors (Lipinski definition) is 1. The smallest absolute Gasteiger partial charge is 0.257 e. The molecule has 0 unspecified atom stereocenters. The van der Waals surface area contributed by atoms with Crippen LogP contribution in [0.1, 0.15) is 49.0 Å². The molecule has 8 nitrogen and oxygen atoms in total. The Bertz CT molecular complexity index is 1040. The van der Waals surface area contributed by atoms with E-state index in [1.54, 1.807) is 37.4 Å². The molecule has 0 radical (unpaired) electrons. The SMILES string of the molecule is CO[C@H]1CN(C)C(=O)c2cc(NC(=O)C3CCC3)ccc2OC[C@H](C)N(Cc2cccnc2)C[C@@H]1C. The largest absolute Gasteiger partial charge is 0.491 e. The molecule has 1 saturated carbocycles. The third-order valence-corrected chi connectivity index (χ3v) is 7.43. The summed E-state index contributed by atoms with van der Waals surface area (Å²) >= 11 is 0. The Morgan fingerprint density at radius 3 is 2.69 bits per heavy atom. The summed E-state index contributed by atoms with van der Waals surface area (Å²) in [6, 6.07) is 9.45. The Kier molecular flexibility index (Phi) is 8.59. The molecule has 8 heteroatoms. The molecular weight excluding hydrogens is 456 g/mol. The van der Waals surface area contributed by atoms with Crippen molar-refractivity contribution >= 4 is 17.5 Å². The molecule has 2 heterocycles. The zero-order valence-corrected chi connectivity index (χ0v) is 21.8. The molecule has 2 aromatic rings. The molecule has 1 aliphatic heterocycles. The maximum Gasteiger partial charge on any atom is 0.257 e. The number of nitrogens with one attached hydrogen (secondary N) is 1. The van der Waals surface area contributed by atoms with Crippen molar-refractivity contribution in [2.45, 2.75) is 51.8 Å². The van der Waals surface area contributed by atoms with Crippen LogP contribution in [0.25, 0.3) is 0 Å². The van der Waals surface area contributed by atoms with Gasteiger partial charge in [0.2, 0.25) is 5.91 Å². The standard InChI is InChI=1S/C28H38N4O4/c1-19-15-32(16-21-7-6-12-29-14-21)20(2)18-36-25-11-10-23(30-27(33)22-8-5-9-22)13-24(25)28(34)31(3)17-26(19)35-4/h6-7,10-14,19-20,22,26H,5,8-9,15-18H2,1-4H3,(H,30,33)/t19-,20-,26-/m0/s1. The number of methoxy groups -OCH3 is 1. The van der Waals surface area contributed by atoms with Gasteiger partial charge < -0.3 is 19.7 Å². The first-order chi connectivity index (χ1) is 17.4. The fraction of sp³-hybridized carbons (Fsp3) is 0.536. The highest BCUT2D eigenvalue weighted by molar-refractivity contribution is 6.00. The van der Waals surface area contributed by atoms with E-state index in [-0.39, 0.29) is 35.8 Å². The highest BCUT2D eigenvalue weighted by Gasteiger charge is 2.29. The molecular formula is C28H38N4O4. The maximum absolute atomic E-state index is 13.5. The lowest BCUT2D eigenvalue weighted by Crippen LogP contribution is -2.46. The summed E-state index contributed by atoms with van der Waals surface area (Å²) in [4.78, 5) is 34.3. The van der Waals surface area contributed by atoms with Crippen LogP contribution in [0.3, 0.4) is 0 Å². The molecule has 1 N–H and O–H groups in total. The third-order valence-electron chi connectivity index (χ3n) is 7.43. The zero-order valence-electron chi connectivity index (χ0n) is 21.8. The van der Waals surface area contributed by atoms with Gasteiger partial charge in [-0.25, -0.2) is 0 Å². The molecule has 0 spiro atoms. The van der Waals surface area contributed by atoms with E-state index >= 15 is 0 Å². The Labute approximate surface area is 214 Å². The van der Waals surface area contributed by atoms with Crippen LogP contribution in [-0.2, 0) is 16.1 Å². The van der Waals surface area contributed by atoms with Gasteiger partial charge in [0.25, 0.3) is 5.91 Å². The predicted molar refractivity (Wildman–Crippen MR) is 139 cm³/mol. The van der Waals surface area contributed by atoms with Crippen molar-refractivity contribution in [2.24, 2.45) is 11.8 Å². The van der Waals surface area contributed by atoms with Gasteiger partial charge in [-0.3, -0.25) is 19.5 Å². The molecule has 1 aromatic carbocycles. The fourth-order valence-corrected chi connectivity index (χ4v) is 4.79. The zero-order chi connectivity index (χ0) is 25.7. The first-order valence-electron chi connectivity index (χ1n) is 12.8. The second-order valence-corrected chi connectivity index (χ2v) is 10.2. The number of carbonyl (C=O) groups excluding carboxylic acids is 2. The minimum Gasteiger partial charge on any atom is -0.491 e. The second-order valence-electron chi connectivity index (χ2n) is 10.2. The number of benzene rings is 1. The Morgan fingerprint density at radius 2 is 2.03 bits per heavy atom. The second kappa shape index (κ2) is 11.8. The van der Waals surface area contributed by atoms with Gasteiger partial charge in [0, 0.05) is 63.8 Å². The topological polar surface area (TPSA) is 84.0 Å². The van der Waals surface area contributed by atoms with Crippen molar-refractivity contribution in [3.8, 4) is 5.75 Å². The number of pyridine rings is 1. The Morgan fingerprint density at radius 1 is 1.22 bits per heavy atom. The number of anilines is 1.